The molecule has 1 N–H and O–H groups in total. The molecule has 2 aromatic rings. The number of piperidine rings is 1. The molecule has 1 aliphatic heterocycles. The Morgan fingerprint density at radius 3 is 2.64 bits per heavy atom. The van der Waals surface area contributed by atoms with E-state index in [2.05, 4.69) is 10.4 Å². The Hall–Kier alpha value is -2.14. The molecular formula is C17H22N4O. The summed E-state index contributed by atoms with van der Waals surface area (Å²) in [6, 6.07) is 11.6. The van der Waals surface area contributed by atoms with E-state index in [0.717, 1.165) is 38.2 Å². The van der Waals surface area contributed by atoms with Crippen LogP contribution in [0.4, 0.5) is 0 Å². The third kappa shape index (κ3) is 3.20. The van der Waals surface area contributed by atoms with E-state index >= 15 is 0 Å². The highest BCUT2D eigenvalue weighted by atomic mass is 16.2. The fourth-order valence-corrected chi connectivity index (χ4v) is 2.95. The number of para-hydroxylation sites is 1. The lowest BCUT2D eigenvalue weighted by Crippen LogP contribution is -2.40. The Kier molecular flexibility index (Phi) is 4.53. The fraction of sp³-hybridized carbons (Fsp3) is 0.412. The highest BCUT2D eigenvalue weighted by molar-refractivity contribution is 5.92. The van der Waals surface area contributed by atoms with Crippen molar-refractivity contribution in [3.63, 3.8) is 0 Å². The minimum absolute atomic E-state index is 0.0394. The van der Waals surface area contributed by atoms with Crippen molar-refractivity contribution in [3.05, 3.63) is 48.3 Å². The molecule has 0 bridgehead atoms. The van der Waals surface area contributed by atoms with Gasteiger partial charge in [-0.25, -0.2) is 4.68 Å². The van der Waals surface area contributed by atoms with Gasteiger partial charge in [0.15, 0.2) is 5.69 Å². The lowest BCUT2D eigenvalue weighted by Gasteiger charge is -2.31. The molecule has 1 saturated heterocycles. The van der Waals surface area contributed by atoms with Crippen LogP contribution in [0.3, 0.4) is 0 Å². The number of nitrogens with zero attached hydrogens (tertiary/aromatic N) is 3. The van der Waals surface area contributed by atoms with Gasteiger partial charge >= 0.3 is 0 Å². The van der Waals surface area contributed by atoms with Gasteiger partial charge in [0.1, 0.15) is 0 Å². The van der Waals surface area contributed by atoms with Crippen molar-refractivity contribution >= 4 is 5.91 Å². The van der Waals surface area contributed by atoms with Crippen LogP contribution in [0.1, 0.15) is 23.3 Å². The predicted molar refractivity (Wildman–Crippen MR) is 86.1 cm³/mol. The molecule has 0 radical (unpaired) electrons. The lowest BCUT2D eigenvalue weighted by atomic mass is 9.97. The average molecular weight is 298 g/mol. The highest BCUT2D eigenvalue weighted by Gasteiger charge is 2.24. The molecular weight excluding hydrogens is 276 g/mol. The van der Waals surface area contributed by atoms with E-state index in [1.165, 1.54) is 0 Å². The number of hydrogen-bond donors (Lipinski definition) is 1. The number of benzene rings is 1. The van der Waals surface area contributed by atoms with Crippen LogP contribution in [-0.2, 0) is 0 Å². The third-order valence-corrected chi connectivity index (χ3v) is 4.22. The summed E-state index contributed by atoms with van der Waals surface area (Å²) in [6.07, 6.45) is 3.97. The Bertz CT molecular complexity index is 615. The molecule has 1 aliphatic rings. The molecule has 5 nitrogen and oxygen atoms in total. The number of nitrogens with one attached hydrogen (secondary N) is 1. The Balaban J connectivity index is 1.65. The van der Waals surface area contributed by atoms with Gasteiger partial charge in [-0.2, -0.15) is 5.10 Å². The van der Waals surface area contributed by atoms with E-state index in [0.29, 0.717) is 11.6 Å². The molecule has 0 spiro atoms. The maximum atomic E-state index is 12.5. The van der Waals surface area contributed by atoms with Crippen molar-refractivity contribution in [2.75, 3.05) is 26.7 Å². The second kappa shape index (κ2) is 6.75. The number of carbonyl (C=O) groups is 1. The molecule has 1 amide bonds. The zero-order valence-corrected chi connectivity index (χ0v) is 12.9. The van der Waals surface area contributed by atoms with Crippen LogP contribution < -0.4 is 5.32 Å². The SMILES string of the molecule is CNCC1CCN(C(=O)c2ccn(-c3ccccc3)n2)CC1. The van der Waals surface area contributed by atoms with Gasteiger partial charge in [-0.1, -0.05) is 18.2 Å². The fourth-order valence-electron chi connectivity index (χ4n) is 2.95. The average Bonchev–Trinajstić information content (AvgIpc) is 3.06. The van der Waals surface area contributed by atoms with Gasteiger partial charge in [0.25, 0.3) is 5.91 Å². The normalized spacial score (nSPS) is 16.0. The first kappa shape index (κ1) is 14.8. The molecule has 5 heteroatoms. The number of rotatable bonds is 4. The lowest BCUT2D eigenvalue weighted by molar-refractivity contribution is 0.0684. The van der Waals surface area contributed by atoms with Gasteiger partial charge in [-0.05, 0) is 50.6 Å². The van der Waals surface area contributed by atoms with E-state index in [1.807, 2.05) is 48.5 Å². The number of carbonyl (C=O) groups excluding carboxylic acids is 1. The quantitative estimate of drug-likeness (QED) is 0.938. The molecule has 1 aromatic carbocycles. The summed E-state index contributed by atoms with van der Waals surface area (Å²) in [7, 11) is 1.98. The topological polar surface area (TPSA) is 50.2 Å². The molecule has 0 saturated carbocycles. The zero-order chi connectivity index (χ0) is 15.4. The van der Waals surface area contributed by atoms with Gasteiger partial charge in [-0.15, -0.1) is 0 Å². The predicted octanol–water partition coefficient (Wildman–Crippen LogP) is 1.94. The second-order valence-corrected chi connectivity index (χ2v) is 5.77. The number of amides is 1. The molecule has 0 aliphatic carbocycles. The van der Waals surface area contributed by atoms with Crippen LogP contribution in [-0.4, -0.2) is 47.3 Å². The van der Waals surface area contributed by atoms with E-state index in [1.54, 1.807) is 10.7 Å². The van der Waals surface area contributed by atoms with Gasteiger partial charge in [0, 0.05) is 19.3 Å². The maximum Gasteiger partial charge on any atom is 0.274 e. The van der Waals surface area contributed by atoms with Gasteiger partial charge in [-0.3, -0.25) is 4.79 Å². The van der Waals surface area contributed by atoms with Crippen LogP contribution >= 0.6 is 0 Å². The van der Waals surface area contributed by atoms with Gasteiger partial charge in [0.05, 0.1) is 5.69 Å². The molecule has 0 unspecified atom stereocenters. The van der Waals surface area contributed by atoms with E-state index in [9.17, 15) is 4.79 Å². The van der Waals surface area contributed by atoms with Crippen molar-refractivity contribution in [1.82, 2.24) is 20.0 Å². The van der Waals surface area contributed by atoms with Crippen molar-refractivity contribution in [1.29, 1.82) is 0 Å². The molecule has 1 fully saturated rings. The summed E-state index contributed by atoms with van der Waals surface area (Å²) in [5, 5.41) is 7.64. The van der Waals surface area contributed by atoms with Crippen molar-refractivity contribution in [2.24, 2.45) is 5.92 Å². The summed E-state index contributed by atoms with van der Waals surface area (Å²) in [5.41, 5.74) is 1.49. The van der Waals surface area contributed by atoms with E-state index < -0.39 is 0 Å². The van der Waals surface area contributed by atoms with E-state index in [4.69, 9.17) is 0 Å². The molecule has 0 atom stereocenters. The van der Waals surface area contributed by atoms with Crippen LogP contribution in [0.15, 0.2) is 42.6 Å². The maximum absolute atomic E-state index is 12.5. The summed E-state index contributed by atoms with van der Waals surface area (Å²) in [4.78, 5) is 14.5. The number of hydrogen-bond acceptors (Lipinski definition) is 3. The highest BCUT2D eigenvalue weighted by Crippen LogP contribution is 2.18. The largest absolute Gasteiger partial charge is 0.337 e. The zero-order valence-electron chi connectivity index (χ0n) is 12.9. The Labute approximate surface area is 130 Å². The number of aromatic nitrogens is 2. The third-order valence-electron chi connectivity index (χ3n) is 4.22. The smallest absolute Gasteiger partial charge is 0.274 e. The minimum Gasteiger partial charge on any atom is -0.337 e. The molecule has 3 rings (SSSR count). The first-order valence-corrected chi connectivity index (χ1v) is 7.83. The molecule has 1 aromatic heterocycles. The first-order valence-electron chi connectivity index (χ1n) is 7.83. The second-order valence-electron chi connectivity index (χ2n) is 5.77. The Morgan fingerprint density at radius 2 is 1.95 bits per heavy atom. The Morgan fingerprint density at radius 1 is 1.23 bits per heavy atom. The molecule has 22 heavy (non-hydrogen) atoms. The van der Waals surface area contributed by atoms with E-state index in [-0.39, 0.29) is 5.91 Å². The van der Waals surface area contributed by atoms with Crippen molar-refractivity contribution in [2.45, 2.75) is 12.8 Å². The van der Waals surface area contributed by atoms with Crippen LogP contribution in [0.2, 0.25) is 0 Å². The van der Waals surface area contributed by atoms with Crippen LogP contribution in [0, 0.1) is 5.92 Å². The molecule has 2 heterocycles. The van der Waals surface area contributed by atoms with Crippen molar-refractivity contribution < 1.29 is 4.79 Å². The standard InChI is InChI=1S/C17H22N4O/c1-18-13-14-7-10-20(11-8-14)17(22)16-9-12-21(19-16)15-5-3-2-4-6-15/h2-6,9,12,14,18H,7-8,10-11,13H2,1H3. The van der Waals surface area contributed by atoms with Crippen molar-refractivity contribution in [3.8, 4) is 5.69 Å². The summed E-state index contributed by atoms with van der Waals surface area (Å²) < 4.78 is 1.75. The monoisotopic (exact) mass is 298 g/mol. The molecule has 116 valence electrons. The van der Waals surface area contributed by atoms with Gasteiger partial charge < -0.3 is 10.2 Å². The summed E-state index contributed by atoms with van der Waals surface area (Å²) in [5.74, 6) is 0.716. The van der Waals surface area contributed by atoms with Crippen LogP contribution in [0.5, 0.6) is 0 Å². The van der Waals surface area contributed by atoms with Gasteiger partial charge in [0.2, 0.25) is 0 Å². The van der Waals surface area contributed by atoms with Crippen LogP contribution in [0.25, 0.3) is 5.69 Å². The summed E-state index contributed by atoms with van der Waals surface area (Å²) in [6.45, 7) is 2.68. The minimum atomic E-state index is 0.0394. The first-order chi connectivity index (χ1) is 10.8. The summed E-state index contributed by atoms with van der Waals surface area (Å²) >= 11 is 0. The number of likely N-dealkylation sites (tertiary alicyclic amines) is 1.